The molecule has 0 aromatic heterocycles. The van der Waals surface area contributed by atoms with Crippen LogP contribution in [0.1, 0.15) is 57.9 Å². The molecule has 94 valence electrons. The van der Waals surface area contributed by atoms with E-state index >= 15 is 0 Å². The topological polar surface area (TPSA) is 0 Å². The van der Waals surface area contributed by atoms with E-state index in [1.165, 1.54) is 31.2 Å². The monoisotopic (exact) mass is 234 g/mol. The predicted molar refractivity (Wildman–Crippen MR) is 70.6 cm³/mol. The van der Waals surface area contributed by atoms with Gasteiger partial charge in [-0.1, -0.05) is 39.3 Å². The molecule has 0 amide bonds. The summed E-state index contributed by atoms with van der Waals surface area (Å²) in [7, 11) is 0. The largest absolute Gasteiger partial charge is 0.207 e. The molecular weight excluding hydrogens is 211 g/mol. The lowest BCUT2D eigenvalue weighted by molar-refractivity contribution is 0.165. The number of halogens is 1. The lowest BCUT2D eigenvalue weighted by Gasteiger charge is -2.38. The second kappa shape index (κ2) is 4.80. The van der Waals surface area contributed by atoms with Gasteiger partial charge in [-0.25, -0.2) is 4.39 Å². The first kappa shape index (κ1) is 12.6. The lowest BCUT2D eigenvalue weighted by Crippen LogP contribution is -2.26. The van der Waals surface area contributed by atoms with Crippen LogP contribution in [0.5, 0.6) is 0 Å². The molecule has 1 saturated carbocycles. The molecule has 0 saturated heterocycles. The van der Waals surface area contributed by atoms with Crippen molar-refractivity contribution in [2.45, 2.75) is 52.4 Å². The third-order valence-corrected chi connectivity index (χ3v) is 4.24. The minimum atomic E-state index is -0.128. The van der Waals surface area contributed by atoms with Gasteiger partial charge in [0.2, 0.25) is 0 Å². The molecule has 2 rings (SSSR count). The zero-order valence-corrected chi connectivity index (χ0v) is 11.2. The van der Waals surface area contributed by atoms with Gasteiger partial charge >= 0.3 is 0 Å². The van der Waals surface area contributed by atoms with Crippen LogP contribution >= 0.6 is 0 Å². The Labute approximate surface area is 104 Å². The number of benzene rings is 1. The molecule has 0 bridgehead atoms. The molecule has 1 aliphatic carbocycles. The van der Waals surface area contributed by atoms with E-state index in [0.29, 0.717) is 11.3 Å². The number of hydrogen-bond acceptors (Lipinski definition) is 0. The van der Waals surface area contributed by atoms with Gasteiger partial charge in [0.25, 0.3) is 0 Å². The molecule has 2 atom stereocenters. The van der Waals surface area contributed by atoms with Crippen molar-refractivity contribution in [2.75, 3.05) is 0 Å². The summed E-state index contributed by atoms with van der Waals surface area (Å²) in [6.45, 7) is 7.01. The van der Waals surface area contributed by atoms with Crippen molar-refractivity contribution in [2.24, 2.45) is 11.3 Å². The summed E-state index contributed by atoms with van der Waals surface area (Å²) in [6.07, 6.45) is 5.18. The van der Waals surface area contributed by atoms with Crippen LogP contribution in [-0.2, 0) is 0 Å². The normalized spacial score (nSPS) is 25.9. The molecule has 0 aliphatic heterocycles. The van der Waals surface area contributed by atoms with Gasteiger partial charge in [-0.05, 0) is 54.2 Å². The average molecular weight is 234 g/mol. The van der Waals surface area contributed by atoms with Crippen molar-refractivity contribution < 1.29 is 4.39 Å². The molecule has 1 fully saturated rings. The van der Waals surface area contributed by atoms with Gasteiger partial charge in [-0.15, -0.1) is 0 Å². The fourth-order valence-corrected chi connectivity index (χ4v) is 3.01. The first-order valence-electron chi connectivity index (χ1n) is 6.72. The van der Waals surface area contributed by atoms with E-state index in [9.17, 15) is 4.39 Å². The van der Waals surface area contributed by atoms with E-state index in [1.54, 1.807) is 12.1 Å². The van der Waals surface area contributed by atoms with Crippen molar-refractivity contribution in [1.82, 2.24) is 0 Å². The number of hydrogen-bond donors (Lipinski definition) is 0. The fourth-order valence-electron chi connectivity index (χ4n) is 3.01. The summed E-state index contributed by atoms with van der Waals surface area (Å²) < 4.78 is 12.9. The average Bonchev–Trinajstić information content (AvgIpc) is 2.29. The maximum Gasteiger partial charge on any atom is 0.123 e. The van der Waals surface area contributed by atoms with Crippen LogP contribution in [0.4, 0.5) is 4.39 Å². The maximum atomic E-state index is 12.9. The Bertz CT molecular complexity index is 358. The molecule has 0 radical (unpaired) electrons. The highest BCUT2D eigenvalue weighted by Crippen LogP contribution is 2.43. The van der Waals surface area contributed by atoms with E-state index in [4.69, 9.17) is 0 Å². The first-order valence-corrected chi connectivity index (χ1v) is 6.72. The summed E-state index contributed by atoms with van der Waals surface area (Å²) in [4.78, 5) is 0. The van der Waals surface area contributed by atoms with Crippen LogP contribution in [0.2, 0.25) is 0 Å². The smallest absolute Gasteiger partial charge is 0.123 e. The summed E-state index contributed by atoms with van der Waals surface area (Å²) in [5.74, 6) is 1.30. The molecule has 1 aromatic carbocycles. The molecule has 0 spiro atoms. The fraction of sp³-hybridized carbons (Fsp3) is 0.625. The van der Waals surface area contributed by atoms with Crippen LogP contribution in [0.25, 0.3) is 0 Å². The lowest BCUT2D eigenvalue weighted by atomic mass is 9.68. The Hall–Kier alpha value is -0.850. The molecule has 0 unspecified atom stereocenters. The van der Waals surface area contributed by atoms with Crippen LogP contribution in [0.15, 0.2) is 24.3 Å². The minimum Gasteiger partial charge on any atom is -0.207 e. The highest BCUT2D eigenvalue weighted by molar-refractivity contribution is 5.21. The number of rotatable bonds is 1. The Morgan fingerprint density at radius 1 is 1.06 bits per heavy atom. The van der Waals surface area contributed by atoms with Crippen molar-refractivity contribution >= 4 is 0 Å². The van der Waals surface area contributed by atoms with Crippen LogP contribution < -0.4 is 0 Å². The molecule has 17 heavy (non-hydrogen) atoms. The zero-order valence-electron chi connectivity index (χ0n) is 11.2. The van der Waals surface area contributed by atoms with Gasteiger partial charge in [-0.3, -0.25) is 0 Å². The van der Waals surface area contributed by atoms with Gasteiger partial charge in [0.05, 0.1) is 0 Å². The molecule has 1 aliphatic rings. The van der Waals surface area contributed by atoms with Gasteiger partial charge in [-0.2, -0.15) is 0 Å². The van der Waals surface area contributed by atoms with Crippen LogP contribution in [0, 0.1) is 17.2 Å². The van der Waals surface area contributed by atoms with Crippen molar-refractivity contribution in [1.29, 1.82) is 0 Å². The molecule has 1 aromatic rings. The third-order valence-electron chi connectivity index (χ3n) is 4.24. The maximum absolute atomic E-state index is 12.9. The zero-order chi connectivity index (χ0) is 12.5. The molecule has 1 heteroatoms. The Morgan fingerprint density at radius 2 is 1.71 bits per heavy atom. The molecule has 0 nitrogen and oxygen atoms in total. The van der Waals surface area contributed by atoms with Gasteiger partial charge in [0, 0.05) is 0 Å². The standard InChI is InChI=1S/C16H23F/c1-16(2,3)14-6-4-5-13(11-14)12-7-9-15(17)10-8-12/h7-10,13-14H,4-6,11H2,1-3H3/t13-,14-/m1/s1. The second-order valence-corrected chi connectivity index (χ2v) is 6.48. The summed E-state index contributed by atoms with van der Waals surface area (Å²) >= 11 is 0. The quantitative estimate of drug-likeness (QED) is 0.630. The third kappa shape index (κ3) is 3.08. The Kier molecular flexibility index (Phi) is 3.56. The van der Waals surface area contributed by atoms with E-state index in [0.717, 1.165) is 5.92 Å². The minimum absolute atomic E-state index is 0.128. The van der Waals surface area contributed by atoms with Gasteiger partial charge in [0.1, 0.15) is 5.82 Å². The van der Waals surface area contributed by atoms with E-state index < -0.39 is 0 Å². The van der Waals surface area contributed by atoms with Gasteiger partial charge < -0.3 is 0 Å². The summed E-state index contributed by atoms with van der Waals surface area (Å²) in [5, 5.41) is 0. The molecular formula is C16H23F. The second-order valence-electron chi connectivity index (χ2n) is 6.48. The Morgan fingerprint density at radius 3 is 2.29 bits per heavy atom. The van der Waals surface area contributed by atoms with Crippen molar-refractivity contribution in [3.63, 3.8) is 0 Å². The highest BCUT2D eigenvalue weighted by atomic mass is 19.1. The molecule has 0 heterocycles. The van der Waals surface area contributed by atoms with Gasteiger partial charge in [0.15, 0.2) is 0 Å². The summed E-state index contributed by atoms with van der Waals surface area (Å²) in [5.41, 5.74) is 1.72. The highest BCUT2D eigenvalue weighted by Gasteiger charge is 2.31. The predicted octanol–water partition coefficient (Wildman–Crippen LogP) is 5.15. The van der Waals surface area contributed by atoms with E-state index in [-0.39, 0.29) is 5.82 Å². The Balaban J connectivity index is 2.09. The van der Waals surface area contributed by atoms with Crippen molar-refractivity contribution in [3.8, 4) is 0 Å². The molecule has 0 N–H and O–H groups in total. The van der Waals surface area contributed by atoms with E-state index in [2.05, 4.69) is 20.8 Å². The van der Waals surface area contributed by atoms with Crippen molar-refractivity contribution in [3.05, 3.63) is 35.6 Å². The van der Waals surface area contributed by atoms with Crippen LogP contribution in [0.3, 0.4) is 0 Å². The summed E-state index contributed by atoms with van der Waals surface area (Å²) in [6, 6.07) is 7.11. The SMILES string of the molecule is CC(C)(C)[C@@H]1CCC[C@@H](c2ccc(F)cc2)C1. The first-order chi connectivity index (χ1) is 7.97. The van der Waals surface area contributed by atoms with Crippen LogP contribution in [-0.4, -0.2) is 0 Å². The van der Waals surface area contributed by atoms with E-state index in [1.807, 2.05) is 12.1 Å².